The number of carbonyl (C=O) groups is 1. The van der Waals surface area contributed by atoms with E-state index in [1.807, 2.05) is 0 Å². The molecule has 0 spiro atoms. The Labute approximate surface area is 184 Å². The minimum Gasteiger partial charge on any atom is -0.462 e. The maximum absolute atomic E-state index is 10.9. The standard InChI is InChI=1S/C27H53O2/c1-3-4-5-6-7-8-9-10-11-12-13-14-15-16-17-18-19-20-21-22-23-24-25-26-27(28)29-2/h2-26H2,1H3. The molecule has 1 radical (unpaired) electrons. The summed E-state index contributed by atoms with van der Waals surface area (Å²) in [6, 6.07) is 0. The summed E-state index contributed by atoms with van der Waals surface area (Å²) in [6.45, 7) is 2.29. The molecule has 0 aromatic rings. The van der Waals surface area contributed by atoms with Crippen molar-refractivity contribution in [2.24, 2.45) is 0 Å². The van der Waals surface area contributed by atoms with Gasteiger partial charge >= 0.3 is 5.97 Å². The summed E-state index contributed by atoms with van der Waals surface area (Å²) < 4.78 is 4.41. The average molecular weight is 410 g/mol. The van der Waals surface area contributed by atoms with Crippen molar-refractivity contribution in [1.82, 2.24) is 0 Å². The van der Waals surface area contributed by atoms with E-state index in [1.165, 1.54) is 135 Å². The second-order valence-corrected chi connectivity index (χ2v) is 9.04. The second kappa shape index (κ2) is 25.5. The van der Waals surface area contributed by atoms with Gasteiger partial charge in [0.2, 0.25) is 0 Å². The molecule has 0 N–H and O–H groups in total. The third-order valence-electron chi connectivity index (χ3n) is 6.15. The van der Waals surface area contributed by atoms with E-state index in [0.29, 0.717) is 6.42 Å². The Bertz CT molecular complexity index is 314. The first-order valence-corrected chi connectivity index (χ1v) is 13.3. The minimum atomic E-state index is -0.173. The molecule has 2 nitrogen and oxygen atoms in total. The lowest BCUT2D eigenvalue weighted by Crippen LogP contribution is -1.97. The molecule has 0 saturated carbocycles. The Morgan fingerprint density at radius 2 is 0.724 bits per heavy atom. The van der Waals surface area contributed by atoms with E-state index in [0.717, 1.165) is 12.8 Å². The van der Waals surface area contributed by atoms with Gasteiger partial charge in [0.1, 0.15) is 7.11 Å². The number of hydrogen-bond donors (Lipinski definition) is 0. The van der Waals surface area contributed by atoms with E-state index in [1.54, 1.807) is 0 Å². The van der Waals surface area contributed by atoms with Crippen LogP contribution in [0.5, 0.6) is 0 Å². The molecule has 0 bridgehead atoms. The number of carbonyl (C=O) groups excluding carboxylic acids is 1. The monoisotopic (exact) mass is 409 g/mol. The number of hydrogen-bond acceptors (Lipinski definition) is 2. The van der Waals surface area contributed by atoms with Crippen molar-refractivity contribution in [2.75, 3.05) is 0 Å². The number of unbranched alkanes of at least 4 members (excludes halogenated alkanes) is 22. The molecular weight excluding hydrogens is 356 g/mol. The zero-order valence-corrected chi connectivity index (χ0v) is 20.0. The smallest absolute Gasteiger partial charge is 0.305 e. The largest absolute Gasteiger partial charge is 0.462 e. The highest BCUT2D eigenvalue weighted by atomic mass is 16.5. The number of ether oxygens (including phenoxy) is 1. The Morgan fingerprint density at radius 3 is 0.966 bits per heavy atom. The van der Waals surface area contributed by atoms with Crippen LogP contribution >= 0.6 is 0 Å². The predicted octanol–water partition coefficient (Wildman–Crippen LogP) is 9.70. The summed E-state index contributed by atoms with van der Waals surface area (Å²) in [5.41, 5.74) is 0. The normalized spacial score (nSPS) is 11.1. The van der Waals surface area contributed by atoms with Crippen LogP contribution in [-0.4, -0.2) is 5.97 Å². The lowest BCUT2D eigenvalue weighted by molar-refractivity contribution is -0.138. The van der Waals surface area contributed by atoms with Gasteiger partial charge in [0, 0.05) is 6.42 Å². The summed E-state index contributed by atoms with van der Waals surface area (Å²) in [6.07, 6.45) is 32.5. The topological polar surface area (TPSA) is 26.3 Å². The first-order valence-electron chi connectivity index (χ1n) is 13.3. The van der Waals surface area contributed by atoms with Gasteiger partial charge in [0.15, 0.2) is 0 Å². The van der Waals surface area contributed by atoms with E-state index in [9.17, 15) is 4.79 Å². The number of esters is 1. The lowest BCUT2D eigenvalue weighted by Gasteiger charge is -2.04. The Kier molecular flexibility index (Phi) is 25.0. The van der Waals surface area contributed by atoms with Gasteiger partial charge in [-0.3, -0.25) is 4.79 Å². The zero-order valence-electron chi connectivity index (χ0n) is 20.0. The van der Waals surface area contributed by atoms with Crippen molar-refractivity contribution in [2.45, 2.75) is 161 Å². The first kappa shape index (κ1) is 28.5. The molecule has 29 heavy (non-hydrogen) atoms. The van der Waals surface area contributed by atoms with E-state index >= 15 is 0 Å². The molecule has 173 valence electrons. The summed E-state index contributed by atoms with van der Waals surface area (Å²) in [7, 11) is 3.15. The third kappa shape index (κ3) is 25.4. The van der Waals surface area contributed by atoms with Crippen LogP contribution in [0.2, 0.25) is 0 Å². The molecule has 0 rings (SSSR count). The molecule has 0 aliphatic rings. The van der Waals surface area contributed by atoms with Gasteiger partial charge in [-0.2, -0.15) is 0 Å². The molecule has 0 aliphatic carbocycles. The molecule has 0 atom stereocenters. The van der Waals surface area contributed by atoms with Crippen LogP contribution < -0.4 is 0 Å². The molecule has 0 aromatic carbocycles. The van der Waals surface area contributed by atoms with E-state index in [-0.39, 0.29) is 5.97 Å². The fourth-order valence-corrected chi connectivity index (χ4v) is 4.13. The van der Waals surface area contributed by atoms with Crippen LogP contribution in [0.4, 0.5) is 0 Å². The van der Waals surface area contributed by atoms with Crippen molar-refractivity contribution in [3.05, 3.63) is 7.11 Å². The highest BCUT2D eigenvalue weighted by molar-refractivity contribution is 5.69. The van der Waals surface area contributed by atoms with Crippen LogP contribution in [0.15, 0.2) is 0 Å². The summed E-state index contributed by atoms with van der Waals surface area (Å²) in [5, 5.41) is 0. The van der Waals surface area contributed by atoms with E-state index < -0.39 is 0 Å². The summed E-state index contributed by atoms with van der Waals surface area (Å²) in [5.74, 6) is -0.173. The van der Waals surface area contributed by atoms with Crippen LogP contribution in [0.3, 0.4) is 0 Å². The van der Waals surface area contributed by atoms with Crippen LogP contribution in [0.1, 0.15) is 161 Å². The highest BCUT2D eigenvalue weighted by Gasteiger charge is 1.99. The molecule has 2 heteroatoms. The fourth-order valence-electron chi connectivity index (χ4n) is 4.13. The van der Waals surface area contributed by atoms with Crippen molar-refractivity contribution in [1.29, 1.82) is 0 Å². The first-order chi connectivity index (χ1) is 14.3. The van der Waals surface area contributed by atoms with Crippen molar-refractivity contribution >= 4 is 5.97 Å². The van der Waals surface area contributed by atoms with Gasteiger partial charge in [-0.25, -0.2) is 0 Å². The van der Waals surface area contributed by atoms with E-state index in [4.69, 9.17) is 0 Å². The quantitative estimate of drug-likeness (QED) is 0.117. The van der Waals surface area contributed by atoms with Gasteiger partial charge in [-0.1, -0.05) is 148 Å². The molecule has 0 heterocycles. The van der Waals surface area contributed by atoms with Crippen LogP contribution in [-0.2, 0) is 9.53 Å². The highest BCUT2D eigenvalue weighted by Crippen LogP contribution is 2.15. The summed E-state index contributed by atoms with van der Waals surface area (Å²) in [4.78, 5) is 10.9. The second-order valence-electron chi connectivity index (χ2n) is 9.04. The Morgan fingerprint density at radius 1 is 0.483 bits per heavy atom. The predicted molar refractivity (Wildman–Crippen MR) is 128 cm³/mol. The van der Waals surface area contributed by atoms with Gasteiger partial charge in [0.05, 0.1) is 0 Å². The van der Waals surface area contributed by atoms with Gasteiger partial charge in [-0.05, 0) is 6.42 Å². The molecule has 0 fully saturated rings. The fraction of sp³-hybridized carbons (Fsp3) is 0.926. The lowest BCUT2D eigenvalue weighted by atomic mass is 10.0. The van der Waals surface area contributed by atoms with Crippen molar-refractivity contribution in [3.63, 3.8) is 0 Å². The van der Waals surface area contributed by atoms with Crippen molar-refractivity contribution in [3.8, 4) is 0 Å². The molecule has 0 saturated heterocycles. The zero-order chi connectivity index (χ0) is 21.3. The van der Waals surface area contributed by atoms with Crippen LogP contribution in [0, 0.1) is 7.11 Å². The SMILES string of the molecule is [CH2]OC(=O)CCCCCCCCCCCCCCCCCCCCCCCCC. The van der Waals surface area contributed by atoms with Gasteiger partial charge in [-0.15, -0.1) is 0 Å². The summed E-state index contributed by atoms with van der Waals surface area (Å²) >= 11 is 0. The van der Waals surface area contributed by atoms with Gasteiger partial charge in [0.25, 0.3) is 0 Å². The molecule has 0 aromatic heterocycles. The molecule has 0 unspecified atom stereocenters. The Balaban J connectivity index is 3.01. The average Bonchev–Trinajstić information content (AvgIpc) is 2.74. The molecular formula is C27H53O2. The third-order valence-corrected chi connectivity index (χ3v) is 6.15. The minimum absolute atomic E-state index is 0.173. The van der Waals surface area contributed by atoms with E-state index in [2.05, 4.69) is 18.8 Å². The maximum atomic E-state index is 10.9. The number of rotatable bonds is 24. The molecule has 0 amide bonds. The van der Waals surface area contributed by atoms with Gasteiger partial charge < -0.3 is 4.74 Å². The maximum Gasteiger partial charge on any atom is 0.305 e. The van der Waals surface area contributed by atoms with Crippen LogP contribution in [0.25, 0.3) is 0 Å². The molecule has 0 aliphatic heterocycles. The Hall–Kier alpha value is -0.530. The van der Waals surface area contributed by atoms with Crippen molar-refractivity contribution < 1.29 is 9.53 Å².